The fraction of sp³-hybridized carbons (Fsp3) is 0.368. The van der Waals surface area contributed by atoms with Crippen molar-refractivity contribution in [1.29, 1.82) is 0 Å². The molecule has 2 nitrogen and oxygen atoms in total. The third-order valence-corrected chi connectivity index (χ3v) is 5.68. The summed E-state index contributed by atoms with van der Waals surface area (Å²) in [7, 11) is 0. The molecule has 0 aromatic heterocycles. The minimum Gasteiger partial charge on any atom is -0.508 e. The third kappa shape index (κ3) is 1.85. The van der Waals surface area contributed by atoms with Crippen LogP contribution in [-0.2, 0) is 19.3 Å². The van der Waals surface area contributed by atoms with E-state index in [2.05, 4.69) is 19.1 Å². The fourth-order valence-electron chi connectivity index (χ4n) is 4.41. The summed E-state index contributed by atoms with van der Waals surface area (Å²) in [5.41, 5.74) is 5.66. The van der Waals surface area contributed by atoms with Gasteiger partial charge in [0.15, 0.2) is 0 Å². The molecule has 0 bridgehead atoms. The first-order valence-corrected chi connectivity index (χ1v) is 7.70. The number of phenols is 2. The summed E-state index contributed by atoms with van der Waals surface area (Å²) < 4.78 is 0. The molecule has 0 radical (unpaired) electrons. The average Bonchev–Trinajstić information content (AvgIpc) is 2.82. The molecular formula is C19H20O2. The smallest absolute Gasteiger partial charge is 0.115 e. The van der Waals surface area contributed by atoms with Gasteiger partial charge in [-0.05, 0) is 83.5 Å². The molecule has 21 heavy (non-hydrogen) atoms. The second-order valence-corrected chi connectivity index (χ2v) is 6.77. The lowest BCUT2D eigenvalue weighted by molar-refractivity contribution is 0.212. The maximum Gasteiger partial charge on any atom is 0.115 e. The minimum atomic E-state index is 0.278. The van der Waals surface area contributed by atoms with Gasteiger partial charge in [0.1, 0.15) is 11.5 Å². The van der Waals surface area contributed by atoms with E-state index in [0.29, 0.717) is 17.4 Å². The zero-order chi connectivity index (χ0) is 14.6. The number of rotatable bonds is 0. The normalized spacial score (nSPS) is 26.6. The Morgan fingerprint density at radius 1 is 0.905 bits per heavy atom. The molecule has 1 spiro atoms. The summed E-state index contributed by atoms with van der Waals surface area (Å²) in [6.45, 7) is 2.32. The van der Waals surface area contributed by atoms with E-state index in [9.17, 15) is 10.2 Å². The number of hydrogen-bond acceptors (Lipinski definition) is 2. The topological polar surface area (TPSA) is 40.5 Å². The van der Waals surface area contributed by atoms with Crippen molar-refractivity contribution in [3.8, 4) is 11.5 Å². The van der Waals surface area contributed by atoms with Crippen LogP contribution in [-0.4, -0.2) is 10.2 Å². The first-order valence-electron chi connectivity index (χ1n) is 7.70. The molecule has 2 aliphatic carbocycles. The Hall–Kier alpha value is -1.96. The number of benzene rings is 2. The van der Waals surface area contributed by atoms with Crippen molar-refractivity contribution >= 4 is 0 Å². The predicted molar refractivity (Wildman–Crippen MR) is 82.8 cm³/mol. The van der Waals surface area contributed by atoms with Crippen LogP contribution in [0.3, 0.4) is 0 Å². The first kappa shape index (κ1) is 12.8. The van der Waals surface area contributed by atoms with Gasteiger partial charge in [0.25, 0.3) is 0 Å². The number of phenolic OH excluding ortho intramolecular Hbond substituents is 2. The zero-order valence-electron chi connectivity index (χ0n) is 12.3. The molecule has 0 heterocycles. The second kappa shape index (κ2) is 4.27. The van der Waals surface area contributed by atoms with Crippen LogP contribution < -0.4 is 0 Å². The summed E-state index contributed by atoms with van der Waals surface area (Å²) >= 11 is 0. The Labute approximate surface area is 125 Å². The largest absolute Gasteiger partial charge is 0.508 e. The van der Waals surface area contributed by atoms with Crippen LogP contribution in [0.25, 0.3) is 0 Å². The standard InChI is InChI=1S/C19H20O2/c1-12-18-5-4-17(21)8-13(18)6-7-19(12)10-14-2-3-16(20)9-15(14)11-19/h2-5,8-9,12,20-21H,6-7,10-11H2,1H3/t12-,19-/m0/s1. The van der Waals surface area contributed by atoms with Crippen LogP contribution >= 0.6 is 0 Å². The second-order valence-electron chi connectivity index (χ2n) is 6.77. The van der Waals surface area contributed by atoms with Crippen molar-refractivity contribution in [3.63, 3.8) is 0 Å². The van der Waals surface area contributed by atoms with Crippen LogP contribution in [0.1, 0.15) is 41.5 Å². The molecular weight excluding hydrogens is 260 g/mol. The highest BCUT2D eigenvalue weighted by Gasteiger charge is 2.44. The highest BCUT2D eigenvalue weighted by atomic mass is 16.3. The van der Waals surface area contributed by atoms with Gasteiger partial charge in [-0.3, -0.25) is 0 Å². The number of aromatic hydroxyl groups is 2. The summed E-state index contributed by atoms with van der Waals surface area (Å²) in [6, 6.07) is 11.6. The number of fused-ring (bicyclic) bond motifs is 2. The van der Waals surface area contributed by atoms with Crippen LogP contribution in [0.15, 0.2) is 36.4 Å². The molecule has 0 amide bonds. The Balaban J connectivity index is 1.74. The lowest BCUT2D eigenvalue weighted by Crippen LogP contribution is -2.33. The molecule has 0 fully saturated rings. The van der Waals surface area contributed by atoms with Crippen molar-refractivity contribution in [2.24, 2.45) is 5.41 Å². The van der Waals surface area contributed by atoms with Gasteiger partial charge in [0, 0.05) is 0 Å². The molecule has 2 heteroatoms. The van der Waals surface area contributed by atoms with E-state index in [4.69, 9.17) is 0 Å². The highest BCUT2D eigenvalue weighted by Crippen LogP contribution is 2.53. The van der Waals surface area contributed by atoms with E-state index >= 15 is 0 Å². The van der Waals surface area contributed by atoms with Gasteiger partial charge in [0.2, 0.25) is 0 Å². The molecule has 0 unspecified atom stereocenters. The lowest BCUT2D eigenvalue weighted by atomic mass is 9.63. The molecule has 0 saturated heterocycles. The number of hydrogen-bond donors (Lipinski definition) is 2. The van der Waals surface area contributed by atoms with Gasteiger partial charge in [-0.2, -0.15) is 0 Å². The number of aryl methyl sites for hydroxylation is 1. The Bertz CT molecular complexity index is 720. The maximum atomic E-state index is 9.71. The maximum absolute atomic E-state index is 9.71. The Morgan fingerprint density at radius 3 is 2.38 bits per heavy atom. The predicted octanol–water partition coefficient (Wildman–Crippen LogP) is 3.93. The summed E-state index contributed by atoms with van der Waals surface area (Å²) in [4.78, 5) is 0. The van der Waals surface area contributed by atoms with Crippen LogP contribution in [0.2, 0.25) is 0 Å². The van der Waals surface area contributed by atoms with Crippen LogP contribution in [0, 0.1) is 5.41 Å². The molecule has 108 valence electrons. The van der Waals surface area contributed by atoms with Gasteiger partial charge in [-0.25, -0.2) is 0 Å². The zero-order valence-corrected chi connectivity index (χ0v) is 12.3. The minimum absolute atomic E-state index is 0.278. The van der Waals surface area contributed by atoms with E-state index in [-0.39, 0.29) is 5.41 Å². The van der Waals surface area contributed by atoms with Crippen molar-refractivity contribution < 1.29 is 10.2 Å². The lowest BCUT2D eigenvalue weighted by Gasteiger charge is -2.41. The first-order chi connectivity index (χ1) is 10.1. The van der Waals surface area contributed by atoms with Gasteiger partial charge < -0.3 is 10.2 Å². The fourth-order valence-corrected chi connectivity index (χ4v) is 4.41. The quantitative estimate of drug-likeness (QED) is 0.767. The van der Waals surface area contributed by atoms with E-state index < -0.39 is 0 Å². The molecule has 4 rings (SSSR count). The highest BCUT2D eigenvalue weighted by molar-refractivity contribution is 5.45. The van der Waals surface area contributed by atoms with Crippen molar-refractivity contribution in [2.75, 3.05) is 0 Å². The summed E-state index contributed by atoms with van der Waals surface area (Å²) in [6.07, 6.45) is 4.34. The van der Waals surface area contributed by atoms with Gasteiger partial charge in [-0.1, -0.05) is 19.1 Å². The molecule has 0 saturated carbocycles. The van der Waals surface area contributed by atoms with Crippen molar-refractivity contribution in [3.05, 3.63) is 58.7 Å². The molecule has 2 atom stereocenters. The van der Waals surface area contributed by atoms with E-state index in [0.717, 1.165) is 25.7 Å². The Kier molecular flexibility index (Phi) is 2.59. The average molecular weight is 280 g/mol. The van der Waals surface area contributed by atoms with Gasteiger partial charge in [0.05, 0.1) is 0 Å². The third-order valence-electron chi connectivity index (χ3n) is 5.68. The van der Waals surface area contributed by atoms with Gasteiger partial charge in [-0.15, -0.1) is 0 Å². The molecule has 2 aromatic carbocycles. The monoisotopic (exact) mass is 280 g/mol. The summed E-state index contributed by atoms with van der Waals surface area (Å²) in [5.74, 6) is 1.23. The van der Waals surface area contributed by atoms with E-state index in [1.165, 1.54) is 22.3 Å². The van der Waals surface area contributed by atoms with E-state index in [1.807, 2.05) is 18.2 Å². The SMILES string of the molecule is C[C@H]1c2ccc(O)cc2CC[C@@]12Cc1ccc(O)cc1C2. The Morgan fingerprint density at radius 2 is 1.57 bits per heavy atom. The molecule has 0 aliphatic heterocycles. The molecule has 2 aliphatic rings. The molecule has 2 aromatic rings. The van der Waals surface area contributed by atoms with Crippen molar-refractivity contribution in [2.45, 2.75) is 38.5 Å². The van der Waals surface area contributed by atoms with Crippen molar-refractivity contribution in [1.82, 2.24) is 0 Å². The molecule has 2 N–H and O–H groups in total. The van der Waals surface area contributed by atoms with Crippen LogP contribution in [0.5, 0.6) is 11.5 Å². The van der Waals surface area contributed by atoms with Gasteiger partial charge >= 0.3 is 0 Å². The summed E-state index contributed by atoms with van der Waals surface area (Å²) in [5, 5.41) is 19.4. The van der Waals surface area contributed by atoms with Crippen LogP contribution in [0.4, 0.5) is 0 Å². The van der Waals surface area contributed by atoms with E-state index in [1.54, 1.807) is 6.07 Å².